The van der Waals surface area contributed by atoms with Crippen LogP contribution in [0.5, 0.6) is 0 Å². The summed E-state index contributed by atoms with van der Waals surface area (Å²) < 4.78 is 43.4. The average Bonchev–Trinajstić information content (AvgIpc) is 3.38. The summed E-state index contributed by atoms with van der Waals surface area (Å²) >= 11 is 0.952. The highest BCUT2D eigenvalue weighted by Gasteiger charge is 2.33. The number of halogens is 4. The lowest BCUT2D eigenvalue weighted by atomic mass is 10.1. The van der Waals surface area contributed by atoms with Crippen molar-refractivity contribution < 1.29 is 17.6 Å². The fourth-order valence-electron chi connectivity index (χ4n) is 2.56. The van der Waals surface area contributed by atoms with Gasteiger partial charge in [-0.2, -0.15) is 13.2 Å². The largest absolute Gasteiger partial charge is 0.469 e. The monoisotopic (exact) mass is 550 g/mol. The van der Waals surface area contributed by atoms with E-state index in [0.717, 1.165) is 28.9 Å². The van der Waals surface area contributed by atoms with E-state index in [0.29, 0.717) is 30.5 Å². The molecule has 5 nitrogen and oxygen atoms in total. The molecule has 0 aliphatic heterocycles. The molecule has 0 saturated heterocycles. The summed E-state index contributed by atoms with van der Waals surface area (Å²) in [6.07, 6.45) is -1.35. The van der Waals surface area contributed by atoms with Gasteiger partial charge in [0.25, 0.3) is 0 Å². The molecule has 0 aliphatic rings. The van der Waals surface area contributed by atoms with E-state index in [1.165, 1.54) is 5.56 Å². The summed E-state index contributed by atoms with van der Waals surface area (Å²) in [5.74, 6) is 1.37. The van der Waals surface area contributed by atoms with E-state index < -0.39 is 11.9 Å². The van der Waals surface area contributed by atoms with Gasteiger partial charge in [0, 0.05) is 24.9 Å². The van der Waals surface area contributed by atoms with E-state index in [2.05, 4.69) is 20.6 Å². The van der Waals surface area contributed by atoms with Gasteiger partial charge in [-0.1, -0.05) is 30.3 Å². The van der Waals surface area contributed by atoms with Gasteiger partial charge < -0.3 is 15.1 Å². The van der Waals surface area contributed by atoms with Gasteiger partial charge in [-0.3, -0.25) is 0 Å². The maximum Gasteiger partial charge on any atom is 0.434 e. The van der Waals surface area contributed by atoms with E-state index in [9.17, 15) is 13.2 Å². The fourth-order valence-corrected chi connectivity index (χ4v) is 3.29. The molecule has 0 unspecified atom stereocenters. The molecule has 3 rings (SSSR count). The van der Waals surface area contributed by atoms with Crippen LogP contribution in [0.3, 0.4) is 0 Å². The Labute approximate surface area is 193 Å². The number of alkyl halides is 3. The Kier molecular flexibility index (Phi) is 9.63. The van der Waals surface area contributed by atoms with Gasteiger partial charge in [-0.15, -0.1) is 35.3 Å². The number of aliphatic imine (C=N–C) groups is 1. The molecule has 0 fully saturated rings. The highest BCUT2D eigenvalue weighted by molar-refractivity contribution is 14.0. The molecule has 162 valence electrons. The Morgan fingerprint density at radius 2 is 1.77 bits per heavy atom. The Bertz CT molecular complexity index is 898. The lowest BCUT2D eigenvalue weighted by Crippen LogP contribution is -2.39. The molecule has 2 heterocycles. The molecular formula is C20H22F3IN4OS. The minimum Gasteiger partial charge on any atom is -0.469 e. The average molecular weight is 550 g/mol. The predicted molar refractivity (Wildman–Crippen MR) is 122 cm³/mol. The number of furan rings is 1. The molecule has 2 N–H and O–H groups in total. The van der Waals surface area contributed by atoms with Gasteiger partial charge in [0.15, 0.2) is 11.7 Å². The zero-order valence-electron chi connectivity index (χ0n) is 16.0. The topological polar surface area (TPSA) is 62.5 Å². The summed E-state index contributed by atoms with van der Waals surface area (Å²) in [6, 6.07) is 13.7. The molecule has 0 spiro atoms. The van der Waals surface area contributed by atoms with Crippen LogP contribution in [-0.2, 0) is 25.6 Å². The third-order valence-electron chi connectivity index (χ3n) is 4.01. The van der Waals surface area contributed by atoms with Crippen molar-refractivity contribution in [3.8, 4) is 0 Å². The van der Waals surface area contributed by atoms with Crippen LogP contribution in [0.2, 0.25) is 0 Å². The van der Waals surface area contributed by atoms with E-state index in [1.807, 2.05) is 42.5 Å². The Morgan fingerprint density at radius 3 is 2.40 bits per heavy atom. The molecule has 0 aliphatic carbocycles. The molecule has 0 atom stereocenters. The molecule has 0 radical (unpaired) electrons. The van der Waals surface area contributed by atoms with Crippen molar-refractivity contribution in [3.63, 3.8) is 0 Å². The predicted octanol–water partition coefficient (Wildman–Crippen LogP) is 4.89. The third-order valence-corrected chi connectivity index (χ3v) is 4.84. The number of guanidine groups is 1. The zero-order valence-corrected chi connectivity index (χ0v) is 19.1. The lowest BCUT2D eigenvalue weighted by molar-refractivity contribution is -0.140. The summed E-state index contributed by atoms with van der Waals surface area (Å²) in [5, 5.41) is 7.73. The van der Waals surface area contributed by atoms with Crippen LogP contribution in [0.15, 0.2) is 63.5 Å². The van der Waals surface area contributed by atoms with Crippen LogP contribution in [-0.4, -0.2) is 24.0 Å². The summed E-state index contributed by atoms with van der Waals surface area (Å²) in [5.41, 5.74) is 0.307. The second-order valence-corrected chi connectivity index (χ2v) is 7.15. The van der Waals surface area contributed by atoms with Gasteiger partial charge in [0.2, 0.25) is 0 Å². The Hall–Kier alpha value is -2.08. The Morgan fingerprint density at radius 1 is 1.03 bits per heavy atom. The number of aromatic nitrogens is 1. The number of nitrogens with zero attached hydrogens (tertiary/aromatic N) is 2. The number of nitrogens with one attached hydrogen (secondary N) is 2. The minimum absolute atomic E-state index is 0. The molecule has 0 saturated carbocycles. The number of hydrogen-bond donors (Lipinski definition) is 2. The molecule has 1 aromatic carbocycles. The maximum atomic E-state index is 12.7. The summed E-state index contributed by atoms with van der Waals surface area (Å²) in [7, 11) is 0. The van der Waals surface area contributed by atoms with E-state index in [-0.39, 0.29) is 30.5 Å². The second-order valence-electron chi connectivity index (χ2n) is 6.21. The van der Waals surface area contributed by atoms with Gasteiger partial charge in [0.1, 0.15) is 10.8 Å². The first kappa shape index (κ1) is 24.2. The quantitative estimate of drug-likeness (QED) is 0.238. The van der Waals surface area contributed by atoms with Gasteiger partial charge in [-0.25, -0.2) is 9.98 Å². The van der Waals surface area contributed by atoms with Crippen molar-refractivity contribution in [3.05, 3.63) is 76.1 Å². The second kappa shape index (κ2) is 11.9. The van der Waals surface area contributed by atoms with E-state index >= 15 is 0 Å². The van der Waals surface area contributed by atoms with E-state index in [4.69, 9.17) is 4.42 Å². The Balaban J connectivity index is 0.00000320. The summed E-state index contributed by atoms with van der Waals surface area (Å²) in [4.78, 5) is 8.00. The van der Waals surface area contributed by atoms with Crippen molar-refractivity contribution in [1.29, 1.82) is 0 Å². The van der Waals surface area contributed by atoms with E-state index in [1.54, 1.807) is 6.26 Å². The van der Waals surface area contributed by atoms with Crippen molar-refractivity contribution >= 4 is 41.3 Å². The molecule has 30 heavy (non-hydrogen) atoms. The molecule has 0 amide bonds. The van der Waals surface area contributed by atoms with Crippen LogP contribution < -0.4 is 10.6 Å². The normalized spacial score (nSPS) is 11.8. The molecule has 0 bridgehead atoms. The summed E-state index contributed by atoms with van der Waals surface area (Å²) in [6.45, 7) is 1.29. The number of hydrogen-bond acceptors (Lipinski definition) is 4. The molecule has 10 heteroatoms. The van der Waals surface area contributed by atoms with Crippen molar-refractivity contribution in [1.82, 2.24) is 15.6 Å². The maximum absolute atomic E-state index is 12.7. The van der Waals surface area contributed by atoms with Crippen LogP contribution in [0.4, 0.5) is 13.2 Å². The van der Waals surface area contributed by atoms with Crippen LogP contribution in [0.1, 0.15) is 22.0 Å². The number of rotatable bonds is 8. The standard InChI is InChI=1S/C20H21F3N4OS.HI/c21-20(22,23)17-14-29-18(27-17)13-26-19(25-11-9-16-7-4-12-28-16)24-10-8-15-5-2-1-3-6-15;/h1-7,12,14H,8-11,13H2,(H2,24,25,26);1H. The molecule has 2 aromatic heterocycles. The minimum atomic E-state index is -4.43. The smallest absolute Gasteiger partial charge is 0.434 e. The van der Waals surface area contributed by atoms with Crippen LogP contribution in [0, 0.1) is 0 Å². The highest BCUT2D eigenvalue weighted by Crippen LogP contribution is 2.30. The van der Waals surface area contributed by atoms with Crippen LogP contribution >= 0.6 is 35.3 Å². The van der Waals surface area contributed by atoms with Crippen molar-refractivity contribution in [2.75, 3.05) is 13.1 Å². The van der Waals surface area contributed by atoms with Crippen molar-refractivity contribution in [2.45, 2.75) is 25.6 Å². The lowest BCUT2D eigenvalue weighted by Gasteiger charge is -2.12. The van der Waals surface area contributed by atoms with Gasteiger partial charge in [0.05, 0.1) is 12.8 Å². The van der Waals surface area contributed by atoms with Crippen LogP contribution in [0.25, 0.3) is 0 Å². The first-order valence-electron chi connectivity index (χ1n) is 9.11. The first-order chi connectivity index (χ1) is 14.0. The molecular weight excluding hydrogens is 528 g/mol. The zero-order chi connectivity index (χ0) is 20.5. The SMILES string of the molecule is FC(F)(F)c1csc(CN=C(NCCc2ccccc2)NCCc2ccco2)n1.I. The van der Waals surface area contributed by atoms with Crippen molar-refractivity contribution in [2.24, 2.45) is 4.99 Å². The third kappa shape index (κ3) is 7.98. The van der Waals surface area contributed by atoms with Gasteiger partial charge in [-0.05, 0) is 24.1 Å². The number of benzene rings is 1. The van der Waals surface area contributed by atoms with Gasteiger partial charge >= 0.3 is 6.18 Å². The number of thiazole rings is 1. The highest BCUT2D eigenvalue weighted by atomic mass is 127. The fraction of sp³-hybridized carbons (Fsp3) is 0.300. The first-order valence-corrected chi connectivity index (χ1v) is 9.99. The molecule has 3 aromatic rings.